The zero-order chi connectivity index (χ0) is 8.97. The van der Waals surface area contributed by atoms with Crippen molar-refractivity contribution in [1.29, 1.82) is 0 Å². The van der Waals surface area contributed by atoms with E-state index in [2.05, 4.69) is 20.5 Å². The predicted octanol–water partition coefficient (Wildman–Crippen LogP) is 0.919. The van der Waals surface area contributed by atoms with Crippen LogP contribution in [-0.2, 0) is 0 Å². The van der Waals surface area contributed by atoms with Crippen LogP contribution in [0, 0.1) is 0 Å². The maximum Gasteiger partial charge on any atom is 0.233 e. The maximum absolute atomic E-state index is 5.40. The van der Waals surface area contributed by atoms with Gasteiger partial charge in [0.25, 0.3) is 0 Å². The number of hydrogen-bond donors (Lipinski definition) is 1. The van der Waals surface area contributed by atoms with E-state index in [4.69, 9.17) is 5.73 Å². The van der Waals surface area contributed by atoms with Crippen LogP contribution in [0.3, 0.4) is 0 Å². The summed E-state index contributed by atoms with van der Waals surface area (Å²) in [6, 6.07) is 0. The van der Waals surface area contributed by atoms with Crippen molar-refractivity contribution in [2.75, 3.05) is 36.2 Å². The Hall–Kier alpha value is -0.490. The van der Waals surface area contributed by atoms with Crippen molar-refractivity contribution >= 4 is 34.4 Å². The number of rotatable bonds is 4. The summed E-state index contributed by atoms with van der Waals surface area (Å²) in [5.74, 6) is 1.46. The molecule has 6 heteroatoms. The first kappa shape index (κ1) is 9.60. The molecule has 1 aromatic heterocycles. The fourth-order valence-electron chi connectivity index (χ4n) is 0.705. The molecule has 4 nitrogen and oxygen atoms in total. The molecule has 2 N–H and O–H groups in total. The van der Waals surface area contributed by atoms with Crippen LogP contribution in [0.15, 0.2) is 0 Å². The first-order valence-corrected chi connectivity index (χ1v) is 5.70. The molecule has 0 amide bonds. The van der Waals surface area contributed by atoms with E-state index in [0.717, 1.165) is 17.4 Å². The molecular weight excluding hydrogens is 192 g/mol. The molecule has 1 aromatic rings. The summed E-state index contributed by atoms with van der Waals surface area (Å²) < 4.78 is 3.91. The molecule has 0 fully saturated rings. The topological polar surface area (TPSA) is 55.0 Å². The molecule has 68 valence electrons. The fraction of sp³-hybridized carbons (Fsp3) is 0.667. The summed E-state index contributed by atoms with van der Waals surface area (Å²) in [5, 5.41) is 0.890. The Morgan fingerprint density at radius 1 is 1.67 bits per heavy atom. The predicted molar refractivity (Wildman–Crippen MR) is 56.0 cm³/mol. The van der Waals surface area contributed by atoms with Gasteiger partial charge < -0.3 is 10.6 Å². The molecular formula is C6H12N4S2. The maximum atomic E-state index is 5.40. The molecule has 1 heterocycles. The van der Waals surface area contributed by atoms with Crippen LogP contribution in [0.4, 0.5) is 11.1 Å². The van der Waals surface area contributed by atoms with Gasteiger partial charge in [-0.15, -0.1) is 0 Å². The van der Waals surface area contributed by atoms with Crippen LogP contribution in [0.1, 0.15) is 0 Å². The van der Waals surface area contributed by atoms with Gasteiger partial charge in [-0.2, -0.15) is 21.1 Å². The summed E-state index contributed by atoms with van der Waals surface area (Å²) in [7, 11) is 2.00. The Balaban J connectivity index is 2.47. The third kappa shape index (κ3) is 2.53. The molecule has 0 unspecified atom stereocenters. The number of thioether (sulfide) groups is 1. The standard InChI is InChI=1S/C6H12N4S2/c1-10(3-4-11-2)6-8-5(7)9-12-6/h3-4H2,1-2H3,(H2,7,9). The lowest BCUT2D eigenvalue weighted by Gasteiger charge is -2.13. The minimum atomic E-state index is 0.367. The van der Waals surface area contributed by atoms with E-state index in [1.165, 1.54) is 11.5 Å². The van der Waals surface area contributed by atoms with Crippen LogP contribution in [0.5, 0.6) is 0 Å². The molecule has 0 spiro atoms. The van der Waals surface area contributed by atoms with Crippen LogP contribution in [0.25, 0.3) is 0 Å². The molecule has 12 heavy (non-hydrogen) atoms. The second-order valence-electron chi connectivity index (χ2n) is 2.35. The molecule has 0 aromatic carbocycles. The van der Waals surface area contributed by atoms with Crippen LogP contribution < -0.4 is 10.6 Å². The number of hydrogen-bond acceptors (Lipinski definition) is 6. The Bertz CT molecular complexity index is 237. The van der Waals surface area contributed by atoms with E-state index in [1.807, 2.05) is 18.8 Å². The van der Waals surface area contributed by atoms with Crippen molar-refractivity contribution in [3.05, 3.63) is 0 Å². The number of anilines is 2. The highest BCUT2D eigenvalue weighted by atomic mass is 32.2. The highest BCUT2D eigenvalue weighted by Crippen LogP contribution is 2.16. The second kappa shape index (κ2) is 4.51. The van der Waals surface area contributed by atoms with Crippen LogP contribution in [-0.4, -0.2) is 35.0 Å². The average Bonchev–Trinajstić information content (AvgIpc) is 2.47. The highest BCUT2D eigenvalue weighted by Gasteiger charge is 2.05. The van der Waals surface area contributed by atoms with Crippen molar-refractivity contribution in [3.63, 3.8) is 0 Å². The average molecular weight is 204 g/mol. The van der Waals surface area contributed by atoms with Gasteiger partial charge in [0.15, 0.2) is 0 Å². The molecule has 0 aliphatic carbocycles. The minimum absolute atomic E-state index is 0.367. The molecule has 0 atom stereocenters. The normalized spacial score (nSPS) is 10.2. The van der Waals surface area contributed by atoms with Crippen molar-refractivity contribution in [2.24, 2.45) is 0 Å². The van der Waals surface area contributed by atoms with Gasteiger partial charge in [-0.05, 0) is 6.26 Å². The van der Waals surface area contributed by atoms with Crippen molar-refractivity contribution < 1.29 is 0 Å². The minimum Gasteiger partial charge on any atom is -0.367 e. The fourth-order valence-corrected chi connectivity index (χ4v) is 1.74. The number of nitrogens with zero attached hydrogens (tertiary/aromatic N) is 3. The lowest BCUT2D eigenvalue weighted by Crippen LogP contribution is -2.19. The van der Waals surface area contributed by atoms with Gasteiger partial charge in [0.1, 0.15) is 0 Å². The zero-order valence-corrected chi connectivity index (χ0v) is 8.78. The summed E-state index contributed by atoms with van der Waals surface area (Å²) in [4.78, 5) is 6.13. The quantitative estimate of drug-likeness (QED) is 0.790. The largest absolute Gasteiger partial charge is 0.367 e. The van der Waals surface area contributed by atoms with E-state index in [9.17, 15) is 0 Å². The smallest absolute Gasteiger partial charge is 0.233 e. The summed E-state index contributed by atoms with van der Waals surface area (Å²) >= 11 is 3.15. The van der Waals surface area contributed by atoms with E-state index in [0.29, 0.717) is 5.95 Å². The summed E-state index contributed by atoms with van der Waals surface area (Å²) in [6.45, 7) is 0.982. The lowest BCUT2D eigenvalue weighted by molar-refractivity contribution is 0.968. The Morgan fingerprint density at radius 2 is 2.42 bits per heavy atom. The van der Waals surface area contributed by atoms with Gasteiger partial charge in [-0.25, -0.2) is 0 Å². The monoisotopic (exact) mass is 204 g/mol. The van der Waals surface area contributed by atoms with Gasteiger partial charge >= 0.3 is 0 Å². The molecule has 1 rings (SSSR count). The summed E-state index contributed by atoms with van der Waals surface area (Å²) in [5.41, 5.74) is 5.40. The molecule has 0 bridgehead atoms. The molecule has 0 radical (unpaired) electrons. The van der Waals surface area contributed by atoms with Crippen LogP contribution in [0.2, 0.25) is 0 Å². The highest BCUT2D eigenvalue weighted by molar-refractivity contribution is 7.98. The van der Waals surface area contributed by atoms with Gasteiger partial charge in [0.2, 0.25) is 11.1 Å². The first-order chi connectivity index (χ1) is 5.74. The van der Waals surface area contributed by atoms with E-state index >= 15 is 0 Å². The van der Waals surface area contributed by atoms with Gasteiger partial charge in [-0.3, -0.25) is 0 Å². The number of nitrogens with two attached hydrogens (primary N) is 1. The summed E-state index contributed by atoms with van der Waals surface area (Å²) in [6.07, 6.45) is 2.09. The first-order valence-electron chi connectivity index (χ1n) is 3.53. The zero-order valence-electron chi connectivity index (χ0n) is 7.15. The Morgan fingerprint density at radius 3 is 2.92 bits per heavy atom. The Kier molecular flexibility index (Phi) is 3.61. The van der Waals surface area contributed by atoms with Gasteiger partial charge in [0, 0.05) is 30.9 Å². The van der Waals surface area contributed by atoms with E-state index in [1.54, 1.807) is 0 Å². The number of nitrogen functional groups attached to an aromatic ring is 1. The third-order valence-corrected chi connectivity index (χ3v) is 2.82. The van der Waals surface area contributed by atoms with E-state index in [-0.39, 0.29) is 0 Å². The Labute approximate surface area is 80.3 Å². The lowest BCUT2D eigenvalue weighted by atomic mass is 10.7. The molecule has 0 saturated carbocycles. The van der Waals surface area contributed by atoms with Crippen molar-refractivity contribution in [1.82, 2.24) is 9.36 Å². The second-order valence-corrected chi connectivity index (χ2v) is 4.07. The van der Waals surface area contributed by atoms with Gasteiger partial charge in [0.05, 0.1) is 0 Å². The SMILES string of the molecule is CSCCN(C)c1nc(N)ns1. The van der Waals surface area contributed by atoms with Gasteiger partial charge in [-0.1, -0.05) is 0 Å². The molecule has 0 aliphatic rings. The number of aromatic nitrogens is 2. The van der Waals surface area contributed by atoms with Crippen LogP contribution >= 0.6 is 23.3 Å². The molecule has 0 aliphatic heterocycles. The molecule has 0 saturated heterocycles. The third-order valence-electron chi connectivity index (χ3n) is 1.39. The van der Waals surface area contributed by atoms with E-state index < -0.39 is 0 Å². The van der Waals surface area contributed by atoms with Crippen molar-refractivity contribution in [3.8, 4) is 0 Å². The van der Waals surface area contributed by atoms with Crippen molar-refractivity contribution in [2.45, 2.75) is 0 Å².